The standard InChI is InChI=1S/C20H22N2O3/c1-20(16-6-4-3-5-7-16)24-17-9-8-15(14-18(17)25-20)19(23)22-12-10-21(2)11-13-22/h3-9,14H,10-13H2,1-2H3. The number of carbonyl (C=O) groups excluding carboxylic acids is 1. The molecule has 130 valence electrons. The lowest BCUT2D eigenvalue weighted by Gasteiger charge is -2.32. The first-order valence-electron chi connectivity index (χ1n) is 8.61. The molecule has 0 bridgehead atoms. The maximum Gasteiger partial charge on any atom is 0.275 e. The molecule has 1 atom stereocenters. The molecule has 1 amide bonds. The van der Waals surface area contributed by atoms with Gasteiger partial charge in [0.1, 0.15) is 0 Å². The quantitative estimate of drug-likeness (QED) is 0.844. The Balaban J connectivity index is 1.55. The average Bonchev–Trinajstić information content (AvgIpc) is 2.99. The van der Waals surface area contributed by atoms with E-state index in [-0.39, 0.29) is 5.91 Å². The van der Waals surface area contributed by atoms with Crippen molar-refractivity contribution in [3.63, 3.8) is 0 Å². The highest BCUT2D eigenvalue weighted by Gasteiger charge is 2.39. The van der Waals surface area contributed by atoms with Crippen LogP contribution in [0.2, 0.25) is 0 Å². The Bertz CT molecular complexity index is 785. The highest BCUT2D eigenvalue weighted by atomic mass is 16.7. The van der Waals surface area contributed by atoms with E-state index < -0.39 is 5.79 Å². The molecular formula is C20H22N2O3. The van der Waals surface area contributed by atoms with Gasteiger partial charge in [-0.2, -0.15) is 0 Å². The van der Waals surface area contributed by atoms with Crippen LogP contribution < -0.4 is 9.47 Å². The number of carbonyl (C=O) groups is 1. The van der Waals surface area contributed by atoms with Gasteiger partial charge in [0.15, 0.2) is 11.5 Å². The van der Waals surface area contributed by atoms with Gasteiger partial charge in [-0.05, 0) is 25.2 Å². The summed E-state index contributed by atoms with van der Waals surface area (Å²) in [6.07, 6.45) is 0. The fourth-order valence-corrected chi connectivity index (χ4v) is 3.30. The Kier molecular flexibility index (Phi) is 3.88. The highest BCUT2D eigenvalue weighted by Crippen LogP contribution is 2.44. The number of likely N-dealkylation sites (N-methyl/N-ethyl adjacent to an activating group) is 1. The molecule has 0 radical (unpaired) electrons. The third kappa shape index (κ3) is 2.96. The van der Waals surface area contributed by atoms with E-state index in [1.54, 1.807) is 6.07 Å². The van der Waals surface area contributed by atoms with Gasteiger partial charge in [-0.15, -0.1) is 0 Å². The monoisotopic (exact) mass is 338 g/mol. The summed E-state index contributed by atoms with van der Waals surface area (Å²) in [7, 11) is 2.08. The number of ether oxygens (including phenoxy) is 2. The van der Waals surface area contributed by atoms with Crippen LogP contribution in [0.15, 0.2) is 48.5 Å². The summed E-state index contributed by atoms with van der Waals surface area (Å²) in [6.45, 7) is 5.21. The van der Waals surface area contributed by atoms with Crippen molar-refractivity contribution in [1.82, 2.24) is 9.80 Å². The Morgan fingerprint density at radius 2 is 1.64 bits per heavy atom. The minimum Gasteiger partial charge on any atom is -0.445 e. The zero-order chi connectivity index (χ0) is 17.4. The molecule has 2 aliphatic heterocycles. The number of hydrogen-bond donors (Lipinski definition) is 0. The van der Waals surface area contributed by atoms with Gasteiger partial charge < -0.3 is 19.3 Å². The van der Waals surface area contributed by atoms with E-state index in [0.29, 0.717) is 17.1 Å². The van der Waals surface area contributed by atoms with Crippen molar-refractivity contribution in [2.24, 2.45) is 0 Å². The highest BCUT2D eigenvalue weighted by molar-refractivity contribution is 5.95. The van der Waals surface area contributed by atoms with E-state index in [9.17, 15) is 4.79 Å². The Morgan fingerprint density at radius 1 is 0.960 bits per heavy atom. The minimum atomic E-state index is -0.862. The van der Waals surface area contributed by atoms with Crippen molar-refractivity contribution < 1.29 is 14.3 Å². The summed E-state index contributed by atoms with van der Waals surface area (Å²) in [5.41, 5.74) is 1.59. The number of rotatable bonds is 2. The molecule has 5 nitrogen and oxygen atoms in total. The molecule has 0 spiro atoms. The van der Waals surface area contributed by atoms with Crippen molar-refractivity contribution in [1.29, 1.82) is 0 Å². The molecule has 1 unspecified atom stereocenters. The second kappa shape index (κ2) is 6.08. The van der Waals surface area contributed by atoms with Gasteiger partial charge in [-0.1, -0.05) is 30.3 Å². The summed E-state index contributed by atoms with van der Waals surface area (Å²) in [5, 5.41) is 0. The van der Waals surface area contributed by atoms with Crippen molar-refractivity contribution >= 4 is 5.91 Å². The third-order valence-electron chi connectivity index (χ3n) is 4.89. The van der Waals surface area contributed by atoms with Crippen LogP contribution in [0.5, 0.6) is 11.5 Å². The Morgan fingerprint density at radius 3 is 2.36 bits per heavy atom. The second-order valence-electron chi connectivity index (χ2n) is 6.77. The van der Waals surface area contributed by atoms with Crippen LogP contribution in [-0.4, -0.2) is 48.9 Å². The molecule has 0 aliphatic carbocycles. The van der Waals surface area contributed by atoms with Gasteiger partial charge in [0.05, 0.1) is 0 Å². The third-order valence-corrected chi connectivity index (χ3v) is 4.89. The van der Waals surface area contributed by atoms with Crippen LogP contribution in [-0.2, 0) is 5.79 Å². The largest absolute Gasteiger partial charge is 0.445 e. The summed E-state index contributed by atoms with van der Waals surface area (Å²) in [6, 6.07) is 15.3. The van der Waals surface area contributed by atoms with Crippen molar-refractivity contribution in [2.45, 2.75) is 12.7 Å². The van der Waals surface area contributed by atoms with Crippen molar-refractivity contribution in [2.75, 3.05) is 33.2 Å². The SMILES string of the molecule is CN1CCN(C(=O)c2ccc3c(c2)OC(C)(c2ccccc2)O3)CC1. The number of benzene rings is 2. The molecule has 1 fully saturated rings. The fourth-order valence-electron chi connectivity index (χ4n) is 3.30. The first-order chi connectivity index (χ1) is 12.0. The summed E-state index contributed by atoms with van der Waals surface area (Å²) < 4.78 is 12.1. The number of fused-ring (bicyclic) bond motifs is 1. The molecule has 4 rings (SSSR count). The maximum atomic E-state index is 12.7. The van der Waals surface area contributed by atoms with Gasteiger partial charge in [-0.3, -0.25) is 4.79 Å². The normalized spacial score (nSPS) is 22.9. The van der Waals surface area contributed by atoms with Crippen LogP contribution in [0.3, 0.4) is 0 Å². The second-order valence-corrected chi connectivity index (χ2v) is 6.77. The van der Waals surface area contributed by atoms with Gasteiger partial charge in [0.25, 0.3) is 11.7 Å². The molecule has 0 N–H and O–H groups in total. The Hall–Kier alpha value is -2.53. The number of hydrogen-bond acceptors (Lipinski definition) is 4. The fraction of sp³-hybridized carbons (Fsp3) is 0.350. The summed E-state index contributed by atoms with van der Waals surface area (Å²) >= 11 is 0. The van der Waals surface area contributed by atoms with Crippen LogP contribution in [0.25, 0.3) is 0 Å². The molecule has 0 saturated carbocycles. The van der Waals surface area contributed by atoms with Gasteiger partial charge in [0, 0.05) is 44.2 Å². The van der Waals surface area contributed by atoms with Crippen LogP contribution in [0, 0.1) is 0 Å². The zero-order valence-corrected chi connectivity index (χ0v) is 14.6. The first-order valence-corrected chi connectivity index (χ1v) is 8.61. The van der Waals surface area contributed by atoms with Gasteiger partial charge in [0.2, 0.25) is 0 Å². The number of nitrogens with zero attached hydrogens (tertiary/aromatic N) is 2. The molecule has 0 aromatic heterocycles. The summed E-state index contributed by atoms with van der Waals surface area (Å²) in [5.74, 6) is 0.472. The average molecular weight is 338 g/mol. The number of piperazine rings is 1. The minimum absolute atomic E-state index is 0.0489. The Labute approximate surface area is 147 Å². The summed E-state index contributed by atoms with van der Waals surface area (Å²) in [4.78, 5) is 16.9. The zero-order valence-electron chi connectivity index (χ0n) is 14.6. The first kappa shape index (κ1) is 16.0. The van der Waals surface area contributed by atoms with Crippen LogP contribution in [0.4, 0.5) is 0 Å². The van der Waals surface area contributed by atoms with E-state index in [2.05, 4.69) is 11.9 Å². The molecule has 5 heteroatoms. The van der Waals surface area contributed by atoms with E-state index in [0.717, 1.165) is 31.7 Å². The van der Waals surface area contributed by atoms with Crippen molar-refractivity contribution in [3.05, 3.63) is 59.7 Å². The van der Waals surface area contributed by atoms with E-state index in [4.69, 9.17) is 9.47 Å². The molecule has 2 heterocycles. The lowest BCUT2D eigenvalue weighted by atomic mass is 10.1. The van der Waals surface area contributed by atoms with Gasteiger partial charge >= 0.3 is 0 Å². The maximum absolute atomic E-state index is 12.7. The molecule has 2 aromatic carbocycles. The number of amides is 1. The smallest absolute Gasteiger partial charge is 0.275 e. The topological polar surface area (TPSA) is 42.0 Å². The van der Waals surface area contributed by atoms with Crippen LogP contribution in [0.1, 0.15) is 22.8 Å². The lowest BCUT2D eigenvalue weighted by Crippen LogP contribution is -2.47. The molecule has 2 aromatic rings. The predicted molar refractivity (Wildman–Crippen MR) is 94.9 cm³/mol. The van der Waals surface area contributed by atoms with E-state index in [1.165, 1.54) is 0 Å². The molecule has 25 heavy (non-hydrogen) atoms. The molecular weight excluding hydrogens is 316 g/mol. The molecule has 1 saturated heterocycles. The van der Waals surface area contributed by atoms with E-state index >= 15 is 0 Å². The van der Waals surface area contributed by atoms with Crippen LogP contribution >= 0.6 is 0 Å². The van der Waals surface area contributed by atoms with E-state index in [1.807, 2.05) is 54.3 Å². The molecule has 2 aliphatic rings. The van der Waals surface area contributed by atoms with Crippen molar-refractivity contribution in [3.8, 4) is 11.5 Å². The lowest BCUT2D eigenvalue weighted by molar-refractivity contribution is -0.0680. The van der Waals surface area contributed by atoms with Gasteiger partial charge in [-0.25, -0.2) is 0 Å². The predicted octanol–water partition coefficient (Wildman–Crippen LogP) is 2.72.